The van der Waals surface area contributed by atoms with Crippen molar-refractivity contribution in [2.75, 3.05) is 0 Å². The van der Waals surface area contributed by atoms with E-state index in [2.05, 4.69) is 20.0 Å². The van der Waals surface area contributed by atoms with Gasteiger partial charge in [-0.05, 0) is 33.3 Å². The van der Waals surface area contributed by atoms with Crippen molar-refractivity contribution in [2.45, 2.75) is 39.3 Å². The molecule has 0 bridgehead atoms. The van der Waals surface area contributed by atoms with Crippen LogP contribution in [0.1, 0.15) is 39.3 Å². The Labute approximate surface area is 152 Å². The van der Waals surface area contributed by atoms with Gasteiger partial charge in [-0.3, -0.25) is 5.21 Å². The number of amides is 1. The molecule has 0 fully saturated rings. The van der Waals surface area contributed by atoms with Crippen molar-refractivity contribution in [3.63, 3.8) is 0 Å². The second kappa shape index (κ2) is 17.6. The quantitative estimate of drug-likeness (QED) is 0.372. The first-order valence-corrected chi connectivity index (χ1v) is 6.18. The molecule has 1 N–H and O–H groups in total. The molecule has 0 saturated carbocycles. The molecule has 0 radical (unpaired) electrons. The van der Waals surface area contributed by atoms with E-state index in [1.807, 2.05) is 30.3 Å². The van der Waals surface area contributed by atoms with Crippen molar-refractivity contribution in [3.05, 3.63) is 55.8 Å². The van der Waals surface area contributed by atoms with Crippen LogP contribution in [0.4, 0.5) is 4.79 Å². The Hall–Kier alpha value is -1.80. The molecular formula is C16H19CrNO6. The number of carbonyl (C=O) groups excluding carboxylic acids is 1. The van der Waals surface area contributed by atoms with Gasteiger partial charge < -0.3 is 4.74 Å². The van der Waals surface area contributed by atoms with Gasteiger partial charge in [-0.1, -0.05) is 30.3 Å². The average Bonchev–Trinajstić information content (AvgIpc) is 2.58. The first kappa shape index (κ1) is 30.1. The molecule has 0 aromatic heterocycles. The number of hydroxylamine groups is 2. The summed E-state index contributed by atoms with van der Waals surface area (Å²) in [4.78, 5) is 11.6. The summed E-state index contributed by atoms with van der Waals surface area (Å²) in [6, 6.07) is 8.84. The molecule has 1 aromatic carbocycles. The van der Waals surface area contributed by atoms with Crippen LogP contribution in [0.2, 0.25) is 0 Å². The van der Waals surface area contributed by atoms with Crippen molar-refractivity contribution >= 4 is 6.09 Å². The summed E-state index contributed by atoms with van der Waals surface area (Å²) in [7, 11) is 0. The van der Waals surface area contributed by atoms with Crippen LogP contribution in [0, 0.1) is 20.0 Å². The topological polar surface area (TPSA) is 109 Å². The second-order valence-electron chi connectivity index (χ2n) is 4.91. The first-order chi connectivity index (χ1) is 10.8. The molecule has 0 spiro atoms. The van der Waals surface area contributed by atoms with Crippen LogP contribution in [0.15, 0.2) is 30.3 Å². The summed E-state index contributed by atoms with van der Waals surface area (Å²) in [6.45, 7) is 20.5. The molecule has 8 heteroatoms. The zero-order valence-electron chi connectivity index (χ0n) is 13.8. The van der Waals surface area contributed by atoms with E-state index in [0.717, 1.165) is 5.56 Å². The van der Waals surface area contributed by atoms with Gasteiger partial charge >= 0.3 is 40.0 Å². The molecule has 1 atom stereocenters. The largest absolute Gasteiger partial charge is 0 e. The van der Waals surface area contributed by atoms with Crippen LogP contribution in [0.25, 0.3) is 0 Å². The summed E-state index contributed by atoms with van der Waals surface area (Å²) < 4.78 is 27.6. The maximum atomic E-state index is 11.6. The summed E-state index contributed by atoms with van der Waals surface area (Å²) in [5.41, 5.74) is 0.231. The van der Waals surface area contributed by atoms with Crippen molar-refractivity contribution < 1.29 is 46.1 Å². The third kappa shape index (κ3) is 13.8. The van der Waals surface area contributed by atoms with E-state index in [1.165, 1.54) is 0 Å². The summed E-state index contributed by atoms with van der Waals surface area (Å²) in [5, 5.41) is 10.4. The van der Waals surface area contributed by atoms with Crippen LogP contribution in [0.3, 0.4) is 0 Å². The number of benzene rings is 1. The van der Waals surface area contributed by atoms with Gasteiger partial charge in [0.15, 0.2) is 0 Å². The molecule has 0 aliphatic rings. The Kier molecular flexibility index (Phi) is 22.0. The van der Waals surface area contributed by atoms with Crippen molar-refractivity contribution in [1.29, 1.82) is 0 Å². The summed E-state index contributed by atoms with van der Waals surface area (Å²) in [5.74, 6) is 0. The van der Waals surface area contributed by atoms with Gasteiger partial charge in [-0.15, -0.1) is 0 Å². The Balaban J connectivity index is -0.000000256. The number of rotatable bonds is 2. The average molecular weight is 373 g/mol. The predicted octanol–water partition coefficient (Wildman–Crippen LogP) is 3.26. The van der Waals surface area contributed by atoms with Crippen molar-refractivity contribution in [1.82, 2.24) is 5.06 Å². The number of hydrogen-bond acceptors (Lipinski definition) is 3. The zero-order chi connectivity index (χ0) is 19.1. The molecule has 1 amide bonds. The number of hydrogen-bond donors (Lipinski definition) is 1. The van der Waals surface area contributed by atoms with Gasteiger partial charge in [0.25, 0.3) is 0 Å². The molecule has 0 unspecified atom stereocenters. The number of ether oxygens (including phenoxy) is 1. The minimum Gasteiger partial charge on any atom is 0 e. The van der Waals surface area contributed by atoms with E-state index < -0.39 is 17.7 Å². The fourth-order valence-corrected chi connectivity index (χ4v) is 1.34. The first-order valence-electron chi connectivity index (χ1n) is 6.18. The summed E-state index contributed by atoms with van der Waals surface area (Å²) in [6.07, 6.45) is -0.742. The molecule has 1 rings (SSSR count). The Bertz CT molecular complexity index is 479. The molecule has 130 valence electrons. The fraction of sp³-hybridized carbons (Fsp3) is 0.375. The van der Waals surface area contributed by atoms with Crippen molar-refractivity contribution in [3.8, 4) is 0 Å². The van der Waals surface area contributed by atoms with E-state index >= 15 is 0 Å². The van der Waals surface area contributed by atoms with E-state index in [9.17, 15) is 10.0 Å². The minimum absolute atomic E-state index is 0. The molecule has 0 aliphatic heterocycles. The van der Waals surface area contributed by atoms with Gasteiger partial charge in [-0.2, -0.15) is 5.06 Å². The van der Waals surface area contributed by atoms with Crippen LogP contribution in [-0.2, 0) is 36.1 Å². The molecule has 1 aromatic rings. The third-order valence-corrected chi connectivity index (χ3v) is 2.23. The van der Waals surface area contributed by atoms with Gasteiger partial charge in [0, 0.05) is 17.4 Å². The van der Waals surface area contributed by atoms with Crippen LogP contribution in [-0.4, -0.2) is 22.0 Å². The number of carbonyl (C=O) groups is 1. The van der Waals surface area contributed by atoms with Gasteiger partial charge in [-0.25, -0.2) is 4.79 Å². The van der Waals surface area contributed by atoms with Crippen molar-refractivity contribution in [2.24, 2.45) is 0 Å². The van der Waals surface area contributed by atoms with E-state index in [0.29, 0.717) is 5.06 Å². The van der Waals surface area contributed by atoms with Gasteiger partial charge in [0.2, 0.25) is 0 Å². The minimum atomic E-state index is -0.742. The van der Waals surface area contributed by atoms with Crippen LogP contribution < -0.4 is 0 Å². The maximum absolute atomic E-state index is 11.6. The SMILES string of the molecule is C[C@H](c1ccccc1)N(O)C(=O)OC(C)(C)C.[C-]#[O+].[C-]#[O+].[C-]#[O+].[Cr]. The molecule has 24 heavy (non-hydrogen) atoms. The molecular weight excluding hydrogens is 354 g/mol. The Morgan fingerprint density at radius 2 is 1.46 bits per heavy atom. The maximum Gasteiger partial charge on any atom is 0 e. The zero-order valence-corrected chi connectivity index (χ0v) is 15.1. The smallest absolute Gasteiger partial charge is 0 e. The van der Waals surface area contributed by atoms with Crippen LogP contribution >= 0.6 is 0 Å². The third-order valence-electron chi connectivity index (χ3n) is 2.23. The molecule has 7 nitrogen and oxygen atoms in total. The molecule has 0 saturated heterocycles. The Morgan fingerprint density at radius 3 is 1.79 bits per heavy atom. The van der Waals surface area contributed by atoms with E-state index in [4.69, 9.17) is 18.7 Å². The second-order valence-corrected chi connectivity index (χ2v) is 4.91. The predicted molar refractivity (Wildman–Crippen MR) is 76.5 cm³/mol. The molecule has 0 heterocycles. The molecule has 0 aliphatic carbocycles. The number of nitrogens with zero attached hydrogens (tertiary/aromatic N) is 1. The van der Waals surface area contributed by atoms with E-state index in [1.54, 1.807) is 27.7 Å². The van der Waals surface area contributed by atoms with Gasteiger partial charge in [0.1, 0.15) is 5.60 Å². The normalized spacial score (nSPS) is 9.46. The Morgan fingerprint density at radius 1 is 1.08 bits per heavy atom. The standard InChI is InChI=1S/C13H19NO3.3CO.Cr/c1-10(11-8-6-5-7-9-11)14(16)12(15)17-13(2,3)4;3*1-2;/h5-10,16H,1-4H3;;;;/t10-;;;;/m1..../s1. The monoisotopic (exact) mass is 373 g/mol. The van der Waals surface area contributed by atoms with E-state index in [-0.39, 0.29) is 17.4 Å². The van der Waals surface area contributed by atoms with Crippen LogP contribution in [0.5, 0.6) is 0 Å². The fourth-order valence-electron chi connectivity index (χ4n) is 1.34. The van der Waals surface area contributed by atoms with Gasteiger partial charge in [0.05, 0.1) is 6.04 Å². The summed E-state index contributed by atoms with van der Waals surface area (Å²) >= 11 is 0.